The summed E-state index contributed by atoms with van der Waals surface area (Å²) in [6, 6.07) is 14.4. The van der Waals surface area contributed by atoms with Crippen LogP contribution in [0.5, 0.6) is 11.5 Å². The quantitative estimate of drug-likeness (QED) is 0.893. The van der Waals surface area contributed by atoms with Crippen LogP contribution in [-0.4, -0.2) is 32.5 Å². The predicted molar refractivity (Wildman–Crippen MR) is 99.4 cm³/mol. The van der Waals surface area contributed by atoms with E-state index < -0.39 is 0 Å². The van der Waals surface area contributed by atoms with Crippen molar-refractivity contribution in [1.29, 1.82) is 0 Å². The summed E-state index contributed by atoms with van der Waals surface area (Å²) in [7, 11) is 0. The fraction of sp³-hybridized carbons (Fsp3) is 0.333. The van der Waals surface area contributed by atoms with E-state index in [-0.39, 0.29) is 6.10 Å². The van der Waals surface area contributed by atoms with Gasteiger partial charge >= 0.3 is 0 Å². The standard InChI is InChI=1S/C21H23NO3/c1-15-6-7-18(11-21(15)25-19-8-9-23-14-19)22-12-16-10-17-4-2-3-5-20(17)24-13-16/h2-7,10-11,19,22H,8-9,12-14H2,1H3. The first-order chi connectivity index (χ1) is 12.3. The molecular formula is C21H23NO3. The maximum atomic E-state index is 6.08. The Bertz CT molecular complexity index is 778. The van der Waals surface area contributed by atoms with E-state index >= 15 is 0 Å². The van der Waals surface area contributed by atoms with Crippen LogP contribution in [0.25, 0.3) is 6.08 Å². The number of aryl methyl sites for hydroxylation is 1. The van der Waals surface area contributed by atoms with Crippen molar-refractivity contribution in [2.24, 2.45) is 0 Å². The number of ether oxygens (including phenoxy) is 3. The number of fused-ring (bicyclic) bond motifs is 1. The van der Waals surface area contributed by atoms with Crippen LogP contribution in [0, 0.1) is 6.92 Å². The van der Waals surface area contributed by atoms with Crippen LogP contribution < -0.4 is 14.8 Å². The highest BCUT2D eigenvalue weighted by Crippen LogP contribution is 2.28. The Morgan fingerprint density at radius 2 is 2.12 bits per heavy atom. The molecule has 2 aliphatic heterocycles. The second-order valence-electron chi connectivity index (χ2n) is 6.57. The smallest absolute Gasteiger partial charge is 0.127 e. The molecule has 1 fully saturated rings. The molecule has 1 atom stereocenters. The fourth-order valence-corrected chi connectivity index (χ4v) is 3.10. The van der Waals surface area contributed by atoms with Gasteiger partial charge in [0, 0.05) is 30.3 Å². The van der Waals surface area contributed by atoms with E-state index in [0.29, 0.717) is 13.2 Å². The Kier molecular flexibility index (Phi) is 4.61. The molecule has 2 heterocycles. The summed E-state index contributed by atoms with van der Waals surface area (Å²) in [5.74, 6) is 1.88. The van der Waals surface area contributed by atoms with Gasteiger partial charge in [0.05, 0.1) is 13.2 Å². The molecule has 0 amide bonds. The summed E-state index contributed by atoms with van der Waals surface area (Å²) in [6.07, 6.45) is 3.33. The maximum absolute atomic E-state index is 6.08. The second kappa shape index (κ2) is 7.19. The third-order valence-corrected chi connectivity index (χ3v) is 4.58. The van der Waals surface area contributed by atoms with Crippen LogP contribution in [0.2, 0.25) is 0 Å². The molecule has 0 spiro atoms. The summed E-state index contributed by atoms with van der Waals surface area (Å²) in [5.41, 5.74) is 4.57. The molecule has 0 aromatic heterocycles. The van der Waals surface area contributed by atoms with E-state index in [1.807, 2.05) is 18.2 Å². The largest absolute Gasteiger partial charge is 0.489 e. The first kappa shape index (κ1) is 16.0. The lowest BCUT2D eigenvalue weighted by atomic mass is 10.1. The molecule has 4 nitrogen and oxygen atoms in total. The number of nitrogens with one attached hydrogen (secondary N) is 1. The van der Waals surface area contributed by atoms with Crippen LogP contribution >= 0.6 is 0 Å². The summed E-state index contributed by atoms with van der Waals surface area (Å²) >= 11 is 0. The topological polar surface area (TPSA) is 39.7 Å². The summed E-state index contributed by atoms with van der Waals surface area (Å²) in [4.78, 5) is 0. The van der Waals surface area contributed by atoms with Gasteiger partial charge in [0.25, 0.3) is 0 Å². The van der Waals surface area contributed by atoms with Gasteiger partial charge in [0.2, 0.25) is 0 Å². The zero-order valence-corrected chi connectivity index (χ0v) is 14.5. The Morgan fingerprint density at radius 3 is 3.00 bits per heavy atom. The van der Waals surface area contributed by atoms with Gasteiger partial charge in [-0.25, -0.2) is 0 Å². The third kappa shape index (κ3) is 3.80. The highest BCUT2D eigenvalue weighted by Gasteiger charge is 2.18. The zero-order valence-electron chi connectivity index (χ0n) is 14.5. The van der Waals surface area contributed by atoms with Crippen LogP contribution in [0.3, 0.4) is 0 Å². The summed E-state index contributed by atoms with van der Waals surface area (Å²) < 4.78 is 17.3. The van der Waals surface area contributed by atoms with Gasteiger partial charge < -0.3 is 19.5 Å². The lowest BCUT2D eigenvalue weighted by Crippen LogP contribution is -2.17. The summed E-state index contributed by atoms with van der Waals surface area (Å²) in [5, 5.41) is 3.48. The Labute approximate surface area is 148 Å². The van der Waals surface area contributed by atoms with Crippen molar-refractivity contribution in [3.05, 3.63) is 59.2 Å². The molecule has 0 radical (unpaired) electrons. The van der Waals surface area contributed by atoms with Crippen molar-refractivity contribution in [1.82, 2.24) is 0 Å². The molecule has 0 bridgehead atoms. The second-order valence-corrected chi connectivity index (χ2v) is 6.57. The van der Waals surface area contributed by atoms with E-state index in [2.05, 4.69) is 42.6 Å². The zero-order chi connectivity index (χ0) is 17.1. The molecule has 1 unspecified atom stereocenters. The van der Waals surface area contributed by atoms with E-state index in [0.717, 1.165) is 47.9 Å². The molecule has 2 aromatic carbocycles. The van der Waals surface area contributed by atoms with Gasteiger partial charge in [-0.3, -0.25) is 0 Å². The lowest BCUT2D eigenvalue weighted by molar-refractivity contribution is 0.141. The van der Waals surface area contributed by atoms with Gasteiger partial charge in [-0.1, -0.05) is 24.3 Å². The number of hydrogen-bond acceptors (Lipinski definition) is 4. The lowest BCUT2D eigenvalue weighted by Gasteiger charge is -2.19. The fourth-order valence-electron chi connectivity index (χ4n) is 3.10. The van der Waals surface area contributed by atoms with Crippen molar-refractivity contribution in [2.75, 3.05) is 31.7 Å². The van der Waals surface area contributed by atoms with Crippen molar-refractivity contribution in [2.45, 2.75) is 19.4 Å². The van der Waals surface area contributed by atoms with Crippen LogP contribution in [0.15, 0.2) is 48.0 Å². The minimum Gasteiger partial charge on any atom is -0.489 e. The van der Waals surface area contributed by atoms with Crippen molar-refractivity contribution >= 4 is 11.8 Å². The van der Waals surface area contributed by atoms with E-state index in [4.69, 9.17) is 14.2 Å². The van der Waals surface area contributed by atoms with Crippen LogP contribution in [0.4, 0.5) is 5.69 Å². The van der Waals surface area contributed by atoms with Crippen molar-refractivity contribution in [3.63, 3.8) is 0 Å². The maximum Gasteiger partial charge on any atom is 0.127 e. The molecule has 2 aromatic rings. The SMILES string of the molecule is Cc1ccc(NCC2=Cc3ccccc3OC2)cc1OC1CCOC1. The highest BCUT2D eigenvalue weighted by atomic mass is 16.5. The third-order valence-electron chi connectivity index (χ3n) is 4.58. The van der Waals surface area contributed by atoms with E-state index in [9.17, 15) is 0 Å². The molecular weight excluding hydrogens is 314 g/mol. The van der Waals surface area contributed by atoms with Crippen molar-refractivity contribution in [3.8, 4) is 11.5 Å². The van der Waals surface area contributed by atoms with E-state index in [1.54, 1.807) is 0 Å². The van der Waals surface area contributed by atoms with Crippen molar-refractivity contribution < 1.29 is 14.2 Å². The normalized spacial score (nSPS) is 18.9. The van der Waals surface area contributed by atoms with Crippen LogP contribution in [0.1, 0.15) is 17.5 Å². The molecule has 1 N–H and O–H groups in total. The molecule has 0 saturated carbocycles. The number of hydrogen-bond donors (Lipinski definition) is 1. The Hall–Kier alpha value is -2.46. The van der Waals surface area contributed by atoms with Crippen LogP contribution in [-0.2, 0) is 4.74 Å². The average molecular weight is 337 g/mol. The Morgan fingerprint density at radius 1 is 1.20 bits per heavy atom. The van der Waals surface area contributed by atoms with E-state index in [1.165, 1.54) is 5.57 Å². The molecule has 0 aliphatic carbocycles. The van der Waals surface area contributed by atoms with Gasteiger partial charge in [-0.05, 0) is 36.3 Å². The summed E-state index contributed by atoms with van der Waals surface area (Å²) in [6.45, 7) is 4.92. The predicted octanol–water partition coefficient (Wildman–Crippen LogP) is 4.05. The molecule has 1 saturated heterocycles. The monoisotopic (exact) mass is 337 g/mol. The molecule has 4 rings (SSSR count). The highest BCUT2D eigenvalue weighted by molar-refractivity contribution is 5.63. The van der Waals surface area contributed by atoms with Gasteiger partial charge in [-0.15, -0.1) is 0 Å². The number of benzene rings is 2. The first-order valence-corrected chi connectivity index (χ1v) is 8.78. The van der Waals surface area contributed by atoms with Gasteiger partial charge in [0.1, 0.15) is 24.2 Å². The van der Waals surface area contributed by atoms with Gasteiger partial charge in [0.15, 0.2) is 0 Å². The molecule has 130 valence electrons. The first-order valence-electron chi connectivity index (χ1n) is 8.78. The minimum absolute atomic E-state index is 0.167. The number of rotatable bonds is 5. The molecule has 4 heteroatoms. The average Bonchev–Trinajstić information content (AvgIpc) is 3.15. The Balaban J connectivity index is 1.42. The minimum atomic E-state index is 0.167. The number of para-hydroxylation sites is 1. The molecule has 25 heavy (non-hydrogen) atoms. The molecule has 2 aliphatic rings. The number of anilines is 1. The van der Waals surface area contributed by atoms with Gasteiger partial charge in [-0.2, -0.15) is 0 Å².